The molecule has 104 valence electrons. The highest BCUT2D eigenvalue weighted by Gasteiger charge is 2.17. The van der Waals surface area contributed by atoms with Gasteiger partial charge in [-0.2, -0.15) is 11.8 Å². The molecule has 0 saturated carbocycles. The van der Waals surface area contributed by atoms with Crippen molar-refractivity contribution in [3.05, 3.63) is 28.8 Å². The smallest absolute Gasteiger partial charge is 0.176 e. The zero-order valence-corrected chi connectivity index (χ0v) is 12.5. The number of nitrogens with one attached hydrogen (secondary N) is 1. The highest BCUT2D eigenvalue weighted by atomic mass is 35.5. The van der Waals surface area contributed by atoms with Crippen molar-refractivity contribution in [2.24, 2.45) is 0 Å². The third kappa shape index (κ3) is 4.13. The number of thioether (sulfide) groups is 1. The summed E-state index contributed by atoms with van der Waals surface area (Å²) >= 11 is 8.10. The van der Waals surface area contributed by atoms with Crippen LogP contribution in [0, 0.1) is 0 Å². The summed E-state index contributed by atoms with van der Waals surface area (Å²) in [7, 11) is 1.75. The van der Waals surface area contributed by atoms with Crippen molar-refractivity contribution in [1.29, 1.82) is 0 Å². The topological polar surface area (TPSA) is 38.3 Å². The normalized spacial score (nSPS) is 19.2. The van der Waals surface area contributed by atoms with Crippen LogP contribution in [0.3, 0.4) is 0 Å². The molecule has 5 heteroatoms. The van der Waals surface area contributed by atoms with Crippen molar-refractivity contribution in [3.63, 3.8) is 0 Å². The maximum atomic E-state index is 11.7. The molecule has 1 aromatic rings. The molecule has 1 N–H and O–H groups in total. The maximum absolute atomic E-state index is 11.7. The summed E-state index contributed by atoms with van der Waals surface area (Å²) in [6, 6.07) is 5.26. The van der Waals surface area contributed by atoms with Gasteiger partial charge in [-0.05, 0) is 43.8 Å². The van der Waals surface area contributed by atoms with Crippen LogP contribution in [0.15, 0.2) is 18.2 Å². The van der Waals surface area contributed by atoms with Crippen LogP contribution in [0.2, 0.25) is 5.02 Å². The lowest BCUT2D eigenvalue weighted by atomic mass is 10.1. The predicted molar refractivity (Wildman–Crippen MR) is 80.7 cm³/mol. The molecule has 3 nitrogen and oxygen atoms in total. The molecule has 1 aliphatic rings. The average Bonchev–Trinajstić information content (AvgIpc) is 2.42. The Bertz CT molecular complexity index is 447. The number of hydrogen-bond acceptors (Lipinski definition) is 4. The Morgan fingerprint density at radius 3 is 3.05 bits per heavy atom. The number of carbonyl (C=O) groups is 1. The number of ketones is 1. The Labute approximate surface area is 123 Å². The van der Waals surface area contributed by atoms with Crippen molar-refractivity contribution in [2.45, 2.75) is 18.9 Å². The van der Waals surface area contributed by atoms with Crippen LogP contribution >= 0.6 is 23.4 Å². The molecule has 0 bridgehead atoms. The van der Waals surface area contributed by atoms with E-state index in [1.807, 2.05) is 11.8 Å². The third-order valence-corrected chi connectivity index (χ3v) is 4.48. The quantitative estimate of drug-likeness (QED) is 0.848. The summed E-state index contributed by atoms with van der Waals surface area (Å²) in [6.45, 7) is 0.315. The van der Waals surface area contributed by atoms with E-state index in [1.54, 1.807) is 25.2 Å². The molecule has 1 aromatic carbocycles. The van der Waals surface area contributed by atoms with Crippen LogP contribution in [-0.4, -0.2) is 37.0 Å². The molecule has 1 atom stereocenters. The lowest BCUT2D eigenvalue weighted by Crippen LogP contribution is -2.23. The van der Waals surface area contributed by atoms with Crippen molar-refractivity contribution in [1.82, 2.24) is 5.32 Å². The third-order valence-electron chi connectivity index (χ3n) is 3.00. The monoisotopic (exact) mass is 299 g/mol. The second-order valence-electron chi connectivity index (χ2n) is 4.56. The largest absolute Gasteiger partial charge is 0.488 e. The molecule has 1 saturated heterocycles. The van der Waals surface area contributed by atoms with E-state index in [1.165, 1.54) is 12.2 Å². The van der Waals surface area contributed by atoms with Gasteiger partial charge in [0.25, 0.3) is 0 Å². The van der Waals surface area contributed by atoms with Gasteiger partial charge >= 0.3 is 0 Å². The molecule has 0 radical (unpaired) electrons. The first kappa shape index (κ1) is 14.7. The molecule has 0 amide bonds. The lowest BCUT2D eigenvalue weighted by molar-refractivity contribution is 0.0993. The van der Waals surface area contributed by atoms with E-state index in [9.17, 15) is 4.79 Å². The summed E-state index contributed by atoms with van der Waals surface area (Å²) in [5.41, 5.74) is 0.615. The first-order valence-corrected chi connectivity index (χ1v) is 7.95. The van der Waals surface area contributed by atoms with E-state index in [4.69, 9.17) is 16.3 Å². The van der Waals surface area contributed by atoms with E-state index in [-0.39, 0.29) is 11.9 Å². The van der Waals surface area contributed by atoms with Gasteiger partial charge in [-0.3, -0.25) is 4.79 Å². The van der Waals surface area contributed by atoms with Gasteiger partial charge in [-0.15, -0.1) is 0 Å². The van der Waals surface area contributed by atoms with Crippen LogP contribution in [0.1, 0.15) is 23.2 Å². The molecule has 1 unspecified atom stereocenters. The molecule has 19 heavy (non-hydrogen) atoms. The lowest BCUT2D eigenvalue weighted by Gasteiger charge is -2.23. The Kier molecular flexibility index (Phi) is 5.55. The van der Waals surface area contributed by atoms with Crippen molar-refractivity contribution < 1.29 is 9.53 Å². The summed E-state index contributed by atoms with van der Waals surface area (Å²) in [6.07, 6.45) is 2.49. The first-order valence-electron chi connectivity index (χ1n) is 6.42. The highest BCUT2D eigenvalue weighted by molar-refractivity contribution is 7.99. The molecule has 1 fully saturated rings. The van der Waals surface area contributed by atoms with Gasteiger partial charge in [0.2, 0.25) is 0 Å². The minimum absolute atomic E-state index is 0.0316. The summed E-state index contributed by atoms with van der Waals surface area (Å²) < 4.78 is 5.90. The molecule has 0 spiro atoms. The number of rotatable bonds is 5. The van der Waals surface area contributed by atoms with Gasteiger partial charge < -0.3 is 10.1 Å². The van der Waals surface area contributed by atoms with Crippen molar-refractivity contribution in [3.8, 4) is 5.75 Å². The fourth-order valence-corrected chi connectivity index (χ4v) is 3.28. The zero-order valence-electron chi connectivity index (χ0n) is 10.9. The van der Waals surface area contributed by atoms with Crippen LogP contribution in [0.5, 0.6) is 5.75 Å². The molecule has 0 aromatic heterocycles. The van der Waals surface area contributed by atoms with E-state index >= 15 is 0 Å². The Balaban J connectivity index is 2.04. The second kappa shape index (κ2) is 7.17. The van der Waals surface area contributed by atoms with Gasteiger partial charge in [-0.1, -0.05) is 11.6 Å². The fourth-order valence-electron chi connectivity index (χ4n) is 2.02. The Hall–Kier alpha value is -0.710. The van der Waals surface area contributed by atoms with Gasteiger partial charge in [0.1, 0.15) is 11.9 Å². The van der Waals surface area contributed by atoms with Gasteiger partial charge in [0.05, 0.1) is 11.6 Å². The van der Waals surface area contributed by atoms with Gasteiger partial charge in [-0.25, -0.2) is 0 Å². The fraction of sp³-hybridized carbons (Fsp3) is 0.500. The average molecular weight is 300 g/mol. The standard InChI is InChI=1S/C14H18ClNO2S/c1-16-8-13(17)10-4-5-14(12(15)7-10)18-11-3-2-6-19-9-11/h4-5,7,11,16H,2-3,6,8-9H2,1H3. The van der Waals surface area contributed by atoms with E-state index in [0.717, 1.165) is 12.2 Å². The van der Waals surface area contributed by atoms with Crippen molar-refractivity contribution in [2.75, 3.05) is 25.1 Å². The molecule has 2 rings (SSSR count). The van der Waals surface area contributed by atoms with Crippen LogP contribution in [0.4, 0.5) is 0 Å². The molecule has 1 aliphatic heterocycles. The first-order chi connectivity index (χ1) is 9.20. The molecule has 1 heterocycles. The highest BCUT2D eigenvalue weighted by Crippen LogP contribution is 2.29. The molecular formula is C14H18ClNO2S. The van der Waals surface area contributed by atoms with Gasteiger partial charge in [0.15, 0.2) is 5.78 Å². The molecular weight excluding hydrogens is 282 g/mol. The minimum Gasteiger partial charge on any atom is -0.488 e. The Morgan fingerprint density at radius 2 is 2.42 bits per heavy atom. The van der Waals surface area contributed by atoms with Crippen LogP contribution < -0.4 is 10.1 Å². The maximum Gasteiger partial charge on any atom is 0.176 e. The summed E-state index contributed by atoms with van der Waals surface area (Å²) in [5.74, 6) is 2.93. The van der Waals surface area contributed by atoms with Crippen molar-refractivity contribution >= 4 is 29.1 Å². The molecule has 0 aliphatic carbocycles. The number of hydrogen-bond donors (Lipinski definition) is 1. The van der Waals surface area contributed by atoms with E-state index in [2.05, 4.69) is 5.32 Å². The number of ether oxygens (including phenoxy) is 1. The van der Waals surface area contributed by atoms with Crippen LogP contribution in [-0.2, 0) is 0 Å². The summed E-state index contributed by atoms with van der Waals surface area (Å²) in [4.78, 5) is 11.7. The number of carbonyl (C=O) groups excluding carboxylic acids is 1. The predicted octanol–water partition coefficient (Wildman–Crippen LogP) is 3.02. The van der Waals surface area contributed by atoms with E-state index < -0.39 is 0 Å². The van der Waals surface area contributed by atoms with Crippen LogP contribution in [0.25, 0.3) is 0 Å². The summed E-state index contributed by atoms with van der Waals surface area (Å²) in [5, 5.41) is 3.35. The zero-order chi connectivity index (χ0) is 13.7. The Morgan fingerprint density at radius 1 is 1.58 bits per heavy atom. The number of benzene rings is 1. The van der Waals surface area contributed by atoms with Gasteiger partial charge in [0, 0.05) is 11.3 Å². The second-order valence-corrected chi connectivity index (χ2v) is 6.11. The number of Topliss-reactive ketones (excluding diaryl/α,β-unsaturated/α-hetero) is 1. The SMILES string of the molecule is CNCC(=O)c1ccc(OC2CCCSC2)c(Cl)c1. The minimum atomic E-state index is 0.0316. The number of halogens is 1. The van der Waals surface area contributed by atoms with E-state index in [0.29, 0.717) is 22.9 Å². The number of likely N-dealkylation sites (N-methyl/N-ethyl adjacent to an activating group) is 1.